The number of amides is 1. The third-order valence-corrected chi connectivity index (χ3v) is 3.51. The highest BCUT2D eigenvalue weighted by Gasteiger charge is 2.40. The first-order valence-corrected chi connectivity index (χ1v) is 5.63. The van der Waals surface area contributed by atoms with Crippen molar-refractivity contribution < 1.29 is 4.79 Å². The number of hydrogen-bond acceptors (Lipinski definition) is 4. The predicted octanol–water partition coefficient (Wildman–Crippen LogP) is -0.0895. The van der Waals surface area contributed by atoms with E-state index in [0.29, 0.717) is 17.5 Å². The van der Waals surface area contributed by atoms with Crippen LogP contribution in [0.25, 0.3) is 0 Å². The molecule has 5 heteroatoms. The van der Waals surface area contributed by atoms with Gasteiger partial charge in [-0.25, -0.2) is 9.97 Å². The Bertz CT molecular complexity index is 394. The zero-order valence-electron chi connectivity index (χ0n) is 8.97. The molecule has 0 unspecified atom stereocenters. The summed E-state index contributed by atoms with van der Waals surface area (Å²) in [4.78, 5) is 21.9. The van der Waals surface area contributed by atoms with Gasteiger partial charge in [0, 0.05) is 38.1 Å². The Morgan fingerprint density at radius 3 is 3.00 bits per heavy atom. The average Bonchev–Trinajstić information content (AvgIpc) is 2.91. The third kappa shape index (κ3) is 1.48. The lowest BCUT2D eigenvalue weighted by Gasteiger charge is -2.23. The van der Waals surface area contributed by atoms with E-state index in [2.05, 4.69) is 15.3 Å². The summed E-state index contributed by atoms with van der Waals surface area (Å²) in [6.07, 6.45) is 5.73. The Hall–Kier alpha value is -1.49. The van der Waals surface area contributed by atoms with Crippen LogP contribution in [-0.4, -0.2) is 46.5 Å². The minimum absolute atomic E-state index is 0.0665. The molecule has 16 heavy (non-hydrogen) atoms. The average molecular weight is 218 g/mol. The van der Waals surface area contributed by atoms with Gasteiger partial charge < -0.3 is 10.2 Å². The lowest BCUT2D eigenvalue weighted by molar-refractivity contribution is 0.0736. The van der Waals surface area contributed by atoms with Crippen molar-refractivity contribution in [3.8, 4) is 0 Å². The Labute approximate surface area is 93.9 Å². The summed E-state index contributed by atoms with van der Waals surface area (Å²) in [5, 5.41) is 3.34. The first kappa shape index (κ1) is 9.72. The molecule has 2 atom stereocenters. The summed E-state index contributed by atoms with van der Waals surface area (Å²) in [6.45, 7) is 2.83. The number of nitrogens with one attached hydrogen (secondary N) is 1. The maximum absolute atomic E-state index is 12.2. The van der Waals surface area contributed by atoms with E-state index < -0.39 is 0 Å². The van der Waals surface area contributed by atoms with E-state index in [-0.39, 0.29) is 5.91 Å². The summed E-state index contributed by atoms with van der Waals surface area (Å²) in [5.41, 5.74) is 0.593. The van der Waals surface area contributed by atoms with Crippen LogP contribution in [0.4, 0.5) is 0 Å². The molecule has 0 saturated carbocycles. The molecule has 3 heterocycles. The van der Waals surface area contributed by atoms with E-state index >= 15 is 0 Å². The topological polar surface area (TPSA) is 58.1 Å². The van der Waals surface area contributed by atoms with Gasteiger partial charge in [-0.3, -0.25) is 4.79 Å². The van der Waals surface area contributed by atoms with Gasteiger partial charge in [0.15, 0.2) is 0 Å². The molecular weight excluding hydrogens is 204 g/mol. The van der Waals surface area contributed by atoms with Crippen molar-refractivity contribution in [3.63, 3.8) is 0 Å². The normalized spacial score (nSPS) is 28.1. The number of rotatable bonds is 1. The Kier molecular flexibility index (Phi) is 2.32. The highest BCUT2D eigenvalue weighted by molar-refractivity contribution is 5.94. The molecule has 0 radical (unpaired) electrons. The lowest BCUT2D eigenvalue weighted by atomic mass is 10.1. The minimum Gasteiger partial charge on any atom is -0.334 e. The van der Waals surface area contributed by atoms with Crippen molar-refractivity contribution in [1.29, 1.82) is 0 Å². The van der Waals surface area contributed by atoms with Crippen LogP contribution in [0.15, 0.2) is 18.7 Å². The van der Waals surface area contributed by atoms with Gasteiger partial charge in [-0.05, 0) is 12.3 Å². The van der Waals surface area contributed by atoms with Crippen LogP contribution in [0.3, 0.4) is 0 Å². The number of hydrogen-bond donors (Lipinski definition) is 1. The molecule has 1 N–H and O–H groups in total. The van der Waals surface area contributed by atoms with Gasteiger partial charge in [-0.2, -0.15) is 0 Å². The molecule has 0 aliphatic carbocycles. The second-order valence-electron chi connectivity index (χ2n) is 4.40. The fourth-order valence-corrected chi connectivity index (χ4v) is 2.68. The lowest BCUT2D eigenvalue weighted by Crippen LogP contribution is -2.39. The Morgan fingerprint density at radius 1 is 1.38 bits per heavy atom. The molecule has 1 amide bonds. The Balaban J connectivity index is 1.81. The van der Waals surface area contributed by atoms with Gasteiger partial charge in [0.25, 0.3) is 5.91 Å². The molecule has 2 aliphatic rings. The molecule has 84 valence electrons. The summed E-state index contributed by atoms with van der Waals surface area (Å²) in [5.74, 6) is 0.699. The van der Waals surface area contributed by atoms with Crippen LogP contribution < -0.4 is 5.32 Å². The van der Waals surface area contributed by atoms with Gasteiger partial charge in [0.2, 0.25) is 0 Å². The van der Waals surface area contributed by atoms with Gasteiger partial charge in [-0.1, -0.05) is 0 Å². The van der Waals surface area contributed by atoms with Gasteiger partial charge in [-0.15, -0.1) is 0 Å². The fourth-order valence-electron chi connectivity index (χ4n) is 2.68. The fraction of sp³-hybridized carbons (Fsp3) is 0.545. The smallest absolute Gasteiger partial charge is 0.257 e. The van der Waals surface area contributed by atoms with E-state index in [0.717, 1.165) is 26.1 Å². The third-order valence-electron chi connectivity index (χ3n) is 3.51. The number of likely N-dealkylation sites (tertiary alicyclic amines) is 1. The van der Waals surface area contributed by atoms with Crippen LogP contribution in [0.2, 0.25) is 0 Å². The quantitative estimate of drug-likeness (QED) is 0.715. The second-order valence-corrected chi connectivity index (χ2v) is 4.40. The molecule has 1 aromatic rings. The van der Waals surface area contributed by atoms with Crippen LogP contribution in [-0.2, 0) is 0 Å². The van der Waals surface area contributed by atoms with Gasteiger partial charge in [0.1, 0.15) is 6.33 Å². The van der Waals surface area contributed by atoms with Crippen molar-refractivity contribution in [2.45, 2.75) is 12.5 Å². The number of carbonyl (C=O) groups is 1. The van der Waals surface area contributed by atoms with E-state index in [9.17, 15) is 4.79 Å². The molecule has 0 bridgehead atoms. The zero-order chi connectivity index (χ0) is 11.0. The SMILES string of the molecule is O=C(c1cncnc1)N1CC[C@H]2CNC[C@H]21. The van der Waals surface area contributed by atoms with Gasteiger partial charge in [0.05, 0.1) is 5.56 Å². The van der Waals surface area contributed by atoms with Crippen molar-refractivity contribution in [2.75, 3.05) is 19.6 Å². The van der Waals surface area contributed by atoms with Crippen LogP contribution >= 0.6 is 0 Å². The number of fused-ring (bicyclic) bond motifs is 1. The summed E-state index contributed by atoms with van der Waals surface area (Å²) < 4.78 is 0. The molecule has 2 saturated heterocycles. The summed E-state index contributed by atoms with van der Waals surface area (Å²) in [7, 11) is 0. The molecule has 3 rings (SSSR count). The second kappa shape index (κ2) is 3.83. The minimum atomic E-state index is 0.0665. The largest absolute Gasteiger partial charge is 0.334 e. The molecule has 5 nitrogen and oxygen atoms in total. The number of carbonyl (C=O) groups excluding carboxylic acids is 1. The maximum Gasteiger partial charge on any atom is 0.257 e. The maximum atomic E-state index is 12.2. The van der Waals surface area contributed by atoms with Crippen molar-refractivity contribution in [3.05, 3.63) is 24.3 Å². The van der Waals surface area contributed by atoms with Gasteiger partial charge >= 0.3 is 0 Å². The molecular formula is C11H14N4O. The molecule has 1 aromatic heterocycles. The van der Waals surface area contributed by atoms with E-state index in [1.54, 1.807) is 12.4 Å². The van der Waals surface area contributed by atoms with Crippen molar-refractivity contribution >= 4 is 5.91 Å². The van der Waals surface area contributed by atoms with Crippen LogP contribution in [0, 0.1) is 5.92 Å². The van der Waals surface area contributed by atoms with E-state index in [1.165, 1.54) is 6.33 Å². The summed E-state index contributed by atoms with van der Waals surface area (Å²) >= 11 is 0. The Morgan fingerprint density at radius 2 is 2.19 bits per heavy atom. The highest BCUT2D eigenvalue weighted by atomic mass is 16.2. The monoisotopic (exact) mass is 218 g/mol. The van der Waals surface area contributed by atoms with Crippen LogP contribution in [0.5, 0.6) is 0 Å². The standard InChI is InChI=1S/C11H14N4O/c16-11(9-4-13-7-14-5-9)15-2-1-8-3-12-6-10(8)15/h4-5,7-8,10,12H,1-3,6H2/t8-,10+/m0/s1. The molecule has 2 aliphatic heterocycles. The first-order chi connectivity index (χ1) is 7.86. The van der Waals surface area contributed by atoms with Crippen molar-refractivity contribution in [1.82, 2.24) is 20.2 Å². The van der Waals surface area contributed by atoms with E-state index in [4.69, 9.17) is 0 Å². The predicted molar refractivity (Wildman–Crippen MR) is 57.8 cm³/mol. The highest BCUT2D eigenvalue weighted by Crippen LogP contribution is 2.28. The van der Waals surface area contributed by atoms with Crippen LogP contribution in [0.1, 0.15) is 16.8 Å². The molecule has 0 spiro atoms. The summed E-state index contributed by atoms with van der Waals surface area (Å²) in [6, 6.07) is 0.368. The number of nitrogens with zero attached hydrogens (tertiary/aromatic N) is 3. The zero-order valence-corrected chi connectivity index (χ0v) is 8.97. The van der Waals surface area contributed by atoms with Crippen molar-refractivity contribution in [2.24, 2.45) is 5.92 Å². The molecule has 0 aromatic carbocycles. The molecule has 2 fully saturated rings. The first-order valence-electron chi connectivity index (χ1n) is 5.63. The van der Waals surface area contributed by atoms with E-state index in [1.807, 2.05) is 4.90 Å². The number of aromatic nitrogens is 2.